The molecular weight excluding hydrogens is 380 g/mol. The molecule has 4 rings (SSSR count). The molecule has 2 aromatic rings. The second kappa shape index (κ2) is 8.71. The molecule has 156 valence electrons. The van der Waals surface area contributed by atoms with Crippen molar-refractivity contribution in [1.29, 1.82) is 0 Å². The highest BCUT2D eigenvalue weighted by atomic mass is 16.5. The van der Waals surface area contributed by atoms with Crippen molar-refractivity contribution in [3.05, 3.63) is 65.9 Å². The van der Waals surface area contributed by atoms with Crippen LogP contribution in [0.25, 0.3) is 5.57 Å². The lowest BCUT2D eigenvalue weighted by Gasteiger charge is -2.34. The molecule has 0 spiro atoms. The highest BCUT2D eigenvalue weighted by molar-refractivity contribution is 6.45. The number of benzene rings is 2. The number of piperidine rings is 1. The summed E-state index contributed by atoms with van der Waals surface area (Å²) in [6.07, 6.45) is 1.80. The Kier molecular flexibility index (Phi) is 5.86. The van der Waals surface area contributed by atoms with Crippen molar-refractivity contribution in [1.82, 2.24) is 4.90 Å². The van der Waals surface area contributed by atoms with E-state index in [1.807, 2.05) is 42.2 Å². The van der Waals surface area contributed by atoms with Gasteiger partial charge in [-0.15, -0.1) is 0 Å². The molecule has 1 saturated heterocycles. The van der Waals surface area contributed by atoms with Crippen LogP contribution in [0.3, 0.4) is 0 Å². The van der Waals surface area contributed by atoms with E-state index in [0.717, 1.165) is 18.4 Å². The van der Waals surface area contributed by atoms with E-state index in [9.17, 15) is 14.7 Å². The van der Waals surface area contributed by atoms with E-state index in [1.54, 1.807) is 24.3 Å². The van der Waals surface area contributed by atoms with Gasteiger partial charge in [0, 0.05) is 19.7 Å². The molecule has 2 aliphatic heterocycles. The maximum absolute atomic E-state index is 13.5. The zero-order valence-electron chi connectivity index (χ0n) is 17.1. The molecular formula is C24H26N2O4. The minimum Gasteiger partial charge on any atom is -0.494 e. The van der Waals surface area contributed by atoms with Gasteiger partial charge in [0.25, 0.3) is 11.8 Å². The van der Waals surface area contributed by atoms with Crippen molar-refractivity contribution in [3.63, 3.8) is 0 Å². The van der Waals surface area contributed by atoms with E-state index in [-0.39, 0.29) is 24.3 Å². The van der Waals surface area contributed by atoms with Gasteiger partial charge in [-0.3, -0.25) is 9.59 Å². The van der Waals surface area contributed by atoms with Crippen LogP contribution in [0.15, 0.2) is 60.3 Å². The summed E-state index contributed by atoms with van der Waals surface area (Å²) in [5, 5.41) is 9.64. The van der Waals surface area contributed by atoms with E-state index in [4.69, 9.17) is 4.74 Å². The number of hydrogen-bond donors (Lipinski definition) is 1. The van der Waals surface area contributed by atoms with Gasteiger partial charge in [0.15, 0.2) is 0 Å². The second-order valence-corrected chi connectivity index (χ2v) is 7.60. The maximum Gasteiger partial charge on any atom is 0.282 e. The summed E-state index contributed by atoms with van der Waals surface area (Å²) in [6.45, 7) is 3.79. The van der Waals surface area contributed by atoms with E-state index < -0.39 is 0 Å². The normalized spacial score (nSPS) is 19.6. The molecule has 2 amide bonds. The molecule has 0 radical (unpaired) electrons. The van der Waals surface area contributed by atoms with Crippen LogP contribution in [-0.4, -0.2) is 48.1 Å². The number of amides is 2. The lowest BCUT2D eigenvalue weighted by atomic mass is 9.97. The molecule has 2 heterocycles. The van der Waals surface area contributed by atoms with E-state index >= 15 is 0 Å². The van der Waals surface area contributed by atoms with Crippen LogP contribution in [0.1, 0.15) is 25.3 Å². The average molecular weight is 406 g/mol. The topological polar surface area (TPSA) is 70.1 Å². The first-order chi connectivity index (χ1) is 14.6. The predicted molar refractivity (Wildman–Crippen MR) is 115 cm³/mol. The van der Waals surface area contributed by atoms with Crippen LogP contribution in [0, 0.1) is 5.92 Å². The number of likely N-dealkylation sites (tertiary alicyclic amines) is 1. The quantitative estimate of drug-likeness (QED) is 0.747. The van der Waals surface area contributed by atoms with Crippen LogP contribution in [0.4, 0.5) is 5.69 Å². The number of carbonyl (C=O) groups excluding carboxylic acids is 2. The van der Waals surface area contributed by atoms with Gasteiger partial charge in [0.05, 0.1) is 17.9 Å². The molecule has 0 aromatic heterocycles. The SMILES string of the molecule is CCOc1ccc(N2C(=O)C(c3ccccc3)=C(N3CCCC(CO)C3)C2=O)cc1. The molecule has 0 aliphatic carbocycles. The zero-order chi connectivity index (χ0) is 21.1. The monoisotopic (exact) mass is 406 g/mol. The molecule has 2 aliphatic rings. The lowest BCUT2D eigenvalue weighted by Crippen LogP contribution is -2.40. The molecule has 1 atom stereocenters. The number of aliphatic hydroxyl groups excluding tert-OH is 1. The summed E-state index contributed by atoms with van der Waals surface area (Å²) in [7, 11) is 0. The number of aliphatic hydroxyl groups is 1. The molecule has 0 bridgehead atoms. The third-order valence-electron chi connectivity index (χ3n) is 5.62. The molecule has 1 N–H and O–H groups in total. The number of anilines is 1. The van der Waals surface area contributed by atoms with Crippen molar-refractivity contribution in [2.75, 3.05) is 31.2 Å². The average Bonchev–Trinajstić information content (AvgIpc) is 3.05. The smallest absolute Gasteiger partial charge is 0.282 e. The second-order valence-electron chi connectivity index (χ2n) is 7.60. The van der Waals surface area contributed by atoms with Crippen LogP contribution in [-0.2, 0) is 9.59 Å². The Bertz CT molecular complexity index is 953. The number of rotatable bonds is 6. The van der Waals surface area contributed by atoms with E-state index in [2.05, 4.69) is 0 Å². The minimum atomic E-state index is -0.323. The van der Waals surface area contributed by atoms with Crippen LogP contribution in [0.5, 0.6) is 5.75 Å². The van der Waals surface area contributed by atoms with Gasteiger partial charge in [-0.25, -0.2) is 4.90 Å². The first-order valence-corrected chi connectivity index (χ1v) is 10.4. The standard InChI is InChI=1S/C24H26N2O4/c1-2-30-20-12-10-19(11-13-20)26-23(28)21(18-8-4-3-5-9-18)22(24(26)29)25-14-6-7-17(15-25)16-27/h3-5,8-13,17,27H,2,6-7,14-16H2,1H3. The summed E-state index contributed by atoms with van der Waals surface area (Å²) >= 11 is 0. The Balaban J connectivity index is 1.74. The summed E-state index contributed by atoms with van der Waals surface area (Å²) in [5.41, 5.74) is 2.10. The van der Waals surface area contributed by atoms with Gasteiger partial charge in [-0.2, -0.15) is 0 Å². The van der Waals surface area contributed by atoms with Crippen LogP contribution >= 0.6 is 0 Å². The van der Waals surface area contributed by atoms with Gasteiger partial charge in [0.1, 0.15) is 11.4 Å². The number of imide groups is 1. The molecule has 1 unspecified atom stereocenters. The van der Waals surface area contributed by atoms with E-state index in [0.29, 0.717) is 42.4 Å². The van der Waals surface area contributed by atoms with Crippen LogP contribution in [0.2, 0.25) is 0 Å². The molecule has 0 saturated carbocycles. The fourth-order valence-corrected chi connectivity index (χ4v) is 4.19. The van der Waals surface area contributed by atoms with Crippen molar-refractivity contribution in [2.24, 2.45) is 5.92 Å². The number of ether oxygens (including phenoxy) is 1. The van der Waals surface area contributed by atoms with Crippen molar-refractivity contribution in [3.8, 4) is 5.75 Å². The van der Waals surface area contributed by atoms with Crippen LogP contribution < -0.4 is 9.64 Å². The molecule has 6 nitrogen and oxygen atoms in total. The van der Waals surface area contributed by atoms with Crippen molar-refractivity contribution in [2.45, 2.75) is 19.8 Å². The fraction of sp³-hybridized carbons (Fsp3) is 0.333. The molecule has 2 aromatic carbocycles. The Morgan fingerprint density at radius 2 is 1.77 bits per heavy atom. The highest BCUT2D eigenvalue weighted by Crippen LogP contribution is 2.36. The Morgan fingerprint density at radius 1 is 1.03 bits per heavy atom. The lowest BCUT2D eigenvalue weighted by molar-refractivity contribution is -0.120. The molecule has 30 heavy (non-hydrogen) atoms. The Labute approximate surface area is 176 Å². The minimum absolute atomic E-state index is 0.0786. The van der Waals surface area contributed by atoms with Gasteiger partial charge in [0.2, 0.25) is 0 Å². The largest absolute Gasteiger partial charge is 0.494 e. The zero-order valence-corrected chi connectivity index (χ0v) is 17.1. The summed E-state index contributed by atoms with van der Waals surface area (Å²) in [5.74, 6) is 0.155. The fourth-order valence-electron chi connectivity index (χ4n) is 4.19. The highest BCUT2D eigenvalue weighted by Gasteiger charge is 2.43. The summed E-state index contributed by atoms with van der Waals surface area (Å²) < 4.78 is 5.48. The maximum atomic E-state index is 13.5. The molecule has 1 fully saturated rings. The molecule has 6 heteroatoms. The van der Waals surface area contributed by atoms with E-state index in [1.165, 1.54) is 4.90 Å². The van der Waals surface area contributed by atoms with Gasteiger partial charge >= 0.3 is 0 Å². The van der Waals surface area contributed by atoms with Crippen molar-refractivity contribution < 1.29 is 19.4 Å². The first-order valence-electron chi connectivity index (χ1n) is 10.4. The Morgan fingerprint density at radius 3 is 2.43 bits per heavy atom. The number of nitrogens with zero attached hydrogens (tertiary/aromatic N) is 2. The summed E-state index contributed by atoms with van der Waals surface area (Å²) in [6, 6.07) is 16.3. The van der Waals surface area contributed by atoms with Gasteiger partial charge < -0.3 is 14.7 Å². The van der Waals surface area contributed by atoms with Gasteiger partial charge in [-0.1, -0.05) is 30.3 Å². The number of carbonyl (C=O) groups is 2. The predicted octanol–water partition coefficient (Wildman–Crippen LogP) is 3.07. The summed E-state index contributed by atoms with van der Waals surface area (Å²) in [4.78, 5) is 30.2. The third-order valence-corrected chi connectivity index (χ3v) is 5.62. The first kappa shape index (κ1) is 20.2. The third kappa shape index (κ3) is 3.71. The van der Waals surface area contributed by atoms with Gasteiger partial charge in [-0.05, 0) is 55.5 Å². The van der Waals surface area contributed by atoms with Crippen molar-refractivity contribution >= 4 is 23.1 Å². The number of hydrogen-bond acceptors (Lipinski definition) is 5. The Hall–Kier alpha value is -3.12.